The molecule has 0 aromatic heterocycles. The van der Waals surface area contributed by atoms with E-state index in [1.54, 1.807) is 11.8 Å². The molecule has 1 rings (SSSR count). The Bertz CT molecular complexity index is 320. The van der Waals surface area contributed by atoms with Crippen LogP contribution in [-0.4, -0.2) is 42.4 Å². The molecule has 1 saturated heterocycles. The Morgan fingerprint density at radius 1 is 1.22 bits per heavy atom. The van der Waals surface area contributed by atoms with Crippen LogP contribution in [0.3, 0.4) is 0 Å². The number of hydrogen-bond donors (Lipinski definition) is 0. The van der Waals surface area contributed by atoms with Crippen molar-refractivity contribution in [1.29, 1.82) is 0 Å². The van der Waals surface area contributed by atoms with E-state index in [4.69, 9.17) is 4.74 Å². The number of carboxylic acids is 1. The summed E-state index contributed by atoms with van der Waals surface area (Å²) < 4.78 is 4.93. The molecule has 0 aromatic carbocycles. The van der Waals surface area contributed by atoms with E-state index in [9.17, 15) is 19.5 Å². The highest BCUT2D eigenvalue weighted by atomic mass is 16.5. The first-order chi connectivity index (χ1) is 8.54. The van der Waals surface area contributed by atoms with E-state index in [0.29, 0.717) is 32.5 Å². The third-order valence-electron chi connectivity index (χ3n) is 3.01. The van der Waals surface area contributed by atoms with E-state index in [2.05, 4.69) is 0 Å². The van der Waals surface area contributed by atoms with Gasteiger partial charge in [0.2, 0.25) is 5.91 Å². The molecule has 1 fully saturated rings. The van der Waals surface area contributed by atoms with Gasteiger partial charge in [0.05, 0.1) is 12.5 Å². The molecule has 0 N–H and O–H groups in total. The number of carboxylic acid groups (broad SMARTS) is 1. The van der Waals surface area contributed by atoms with Crippen LogP contribution in [0.25, 0.3) is 0 Å². The zero-order valence-electron chi connectivity index (χ0n) is 10.5. The predicted octanol–water partition coefficient (Wildman–Crippen LogP) is -0.682. The van der Waals surface area contributed by atoms with Crippen LogP contribution in [0.1, 0.15) is 32.6 Å². The van der Waals surface area contributed by atoms with Gasteiger partial charge in [-0.15, -0.1) is 0 Å². The Morgan fingerprint density at radius 2 is 1.83 bits per heavy atom. The number of piperidine rings is 1. The van der Waals surface area contributed by atoms with Crippen LogP contribution in [0.5, 0.6) is 0 Å². The van der Waals surface area contributed by atoms with E-state index in [-0.39, 0.29) is 30.6 Å². The summed E-state index contributed by atoms with van der Waals surface area (Å²) in [5.74, 6) is -1.76. The molecule has 0 spiro atoms. The number of aliphatic carboxylic acids is 1. The number of hydrogen-bond acceptors (Lipinski definition) is 5. The van der Waals surface area contributed by atoms with Crippen molar-refractivity contribution in [1.82, 2.24) is 4.90 Å². The Hall–Kier alpha value is -1.59. The van der Waals surface area contributed by atoms with E-state index >= 15 is 0 Å². The standard InChI is InChI=1S/C12H19NO5/c1-2-18-12(17)9-5-7-13(8-6-9)10(14)3-4-11(15)16/h9H,2-8H2,1H3,(H,15,16)/p-1. The number of rotatable bonds is 5. The number of carbonyl (C=O) groups is 3. The number of amides is 1. The molecule has 0 atom stereocenters. The van der Waals surface area contributed by atoms with Gasteiger partial charge in [-0.3, -0.25) is 9.59 Å². The van der Waals surface area contributed by atoms with Gasteiger partial charge in [0.15, 0.2) is 0 Å². The zero-order chi connectivity index (χ0) is 13.5. The summed E-state index contributed by atoms with van der Waals surface area (Å²) in [4.78, 5) is 35.0. The third kappa shape index (κ3) is 4.35. The van der Waals surface area contributed by atoms with Crippen LogP contribution in [0.15, 0.2) is 0 Å². The maximum Gasteiger partial charge on any atom is 0.309 e. The van der Waals surface area contributed by atoms with E-state index in [0.717, 1.165) is 0 Å². The van der Waals surface area contributed by atoms with Crippen LogP contribution in [0.4, 0.5) is 0 Å². The van der Waals surface area contributed by atoms with Crippen LogP contribution in [-0.2, 0) is 19.1 Å². The fourth-order valence-corrected chi connectivity index (χ4v) is 1.99. The van der Waals surface area contributed by atoms with Gasteiger partial charge in [-0.05, 0) is 26.2 Å². The van der Waals surface area contributed by atoms with E-state index in [1.807, 2.05) is 0 Å². The lowest BCUT2D eigenvalue weighted by Crippen LogP contribution is -2.41. The lowest BCUT2D eigenvalue weighted by Gasteiger charge is -2.31. The molecule has 1 aliphatic rings. The lowest BCUT2D eigenvalue weighted by atomic mass is 9.97. The van der Waals surface area contributed by atoms with Gasteiger partial charge in [0.1, 0.15) is 0 Å². The van der Waals surface area contributed by atoms with Crippen molar-refractivity contribution < 1.29 is 24.2 Å². The molecule has 1 amide bonds. The SMILES string of the molecule is CCOC(=O)C1CCN(C(=O)CCC(=O)[O-])CC1. The van der Waals surface area contributed by atoms with Crippen molar-refractivity contribution in [2.24, 2.45) is 5.92 Å². The summed E-state index contributed by atoms with van der Waals surface area (Å²) in [6.07, 6.45) is 0.870. The molecule has 0 aromatic rings. The minimum absolute atomic E-state index is 0.0353. The molecule has 0 saturated carbocycles. The highest BCUT2D eigenvalue weighted by Gasteiger charge is 2.27. The molecular weight excluding hydrogens is 238 g/mol. The Morgan fingerprint density at radius 3 is 2.33 bits per heavy atom. The summed E-state index contributed by atoms with van der Waals surface area (Å²) >= 11 is 0. The fraction of sp³-hybridized carbons (Fsp3) is 0.750. The smallest absolute Gasteiger partial charge is 0.309 e. The largest absolute Gasteiger partial charge is 0.550 e. The second-order valence-corrected chi connectivity index (χ2v) is 4.28. The average molecular weight is 256 g/mol. The summed E-state index contributed by atoms with van der Waals surface area (Å²) in [5, 5.41) is 10.3. The highest BCUT2D eigenvalue weighted by molar-refractivity contribution is 5.80. The topological polar surface area (TPSA) is 86.7 Å². The maximum absolute atomic E-state index is 11.6. The van der Waals surface area contributed by atoms with Gasteiger partial charge in [-0.25, -0.2) is 0 Å². The van der Waals surface area contributed by atoms with Crippen molar-refractivity contribution in [2.75, 3.05) is 19.7 Å². The number of nitrogens with zero attached hydrogens (tertiary/aromatic N) is 1. The number of carbonyl (C=O) groups excluding carboxylic acids is 3. The van der Waals surface area contributed by atoms with Gasteiger partial charge in [-0.2, -0.15) is 0 Å². The van der Waals surface area contributed by atoms with Gasteiger partial charge in [0.25, 0.3) is 0 Å². The molecule has 1 aliphatic heterocycles. The first-order valence-corrected chi connectivity index (χ1v) is 6.18. The highest BCUT2D eigenvalue weighted by Crippen LogP contribution is 2.19. The normalized spacial score (nSPS) is 16.4. The van der Waals surface area contributed by atoms with E-state index in [1.165, 1.54) is 0 Å². The minimum atomic E-state index is -1.22. The monoisotopic (exact) mass is 256 g/mol. The van der Waals surface area contributed by atoms with Crippen molar-refractivity contribution in [3.8, 4) is 0 Å². The average Bonchev–Trinajstić information content (AvgIpc) is 2.36. The van der Waals surface area contributed by atoms with Gasteiger partial charge in [-0.1, -0.05) is 0 Å². The summed E-state index contributed by atoms with van der Waals surface area (Å²) in [5.41, 5.74) is 0. The zero-order valence-corrected chi connectivity index (χ0v) is 10.5. The van der Waals surface area contributed by atoms with Gasteiger partial charge in [0, 0.05) is 25.5 Å². The van der Waals surface area contributed by atoms with Crippen molar-refractivity contribution in [2.45, 2.75) is 32.6 Å². The summed E-state index contributed by atoms with van der Waals surface area (Å²) in [6.45, 7) is 3.09. The maximum atomic E-state index is 11.6. The number of ether oxygens (including phenoxy) is 1. The third-order valence-corrected chi connectivity index (χ3v) is 3.01. The summed E-state index contributed by atoms with van der Waals surface area (Å²) in [7, 11) is 0. The fourth-order valence-electron chi connectivity index (χ4n) is 1.99. The first kappa shape index (κ1) is 14.5. The first-order valence-electron chi connectivity index (χ1n) is 6.18. The molecule has 0 unspecified atom stereocenters. The van der Waals surface area contributed by atoms with Crippen LogP contribution >= 0.6 is 0 Å². The lowest BCUT2D eigenvalue weighted by molar-refractivity contribution is -0.305. The molecule has 0 bridgehead atoms. The Labute approximate surface area is 106 Å². The van der Waals surface area contributed by atoms with Gasteiger partial charge >= 0.3 is 5.97 Å². The van der Waals surface area contributed by atoms with Crippen molar-refractivity contribution >= 4 is 17.8 Å². The Balaban J connectivity index is 2.32. The Kier molecular flexibility index (Phi) is 5.61. The van der Waals surface area contributed by atoms with Gasteiger partial charge < -0.3 is 19.5 Å². The molecule has 1 heterocycles. The van der Waals surface area contributed by atoms with Crippen LogP contribution in [0, 0.1) is 5.92 Å². The second kappa shape index (κ2) is 6.98. The molecule has 0 radical (unpaired) electrons. The summed E-state index contributed by atoms with van der Waals surface area (Å²) in [6, 6.07) is 0. The molecule has 18 heavy (non-hydrogen) atoms. The molecule has 102 valence electrons. The quantitative estimate of drug-likeness (QED) is 0.608. The van der Waals surface area contributed by atoms with Crippen molar-refractivity contribution in [3.05, 3.63) is 0 Å². The van der Waals surface area contributed by atoms with Crippen LogP contribution < -0.4 is 5.11 Å². The minimum Gasteiger partial charge on any atom is -0.550 e. The molecule has 0 aliphatic carbocycles. The molecule has 6 nitrogen and oxygen atoms in total. The van der Waals surface area contributed by atoms with E-state index < -0.39 is 5.97 Å². The van der Waals surface area contributed by atoms with Crippen LogP contribution in [0.2, 0.25) is 0 Å². The predicted molar refractivity (Wildman–Crippen MR) is 60.2 cm³/mol. The number of esters is 1. The number of likely N-dealkylation sites (tertiary alicyclic amines) is 1. The molecule has 6 heteroatoms. The van der Waals surface area contributed by atoms with Crippen molar-refractivity contribution in [3.63, 3.8) is 0 Å². The second-order valence-electron chi connectivity index (χ2n) is 4.28. The molecular formula is C12H18NO5-.